The van der Waals surface area contributed by atoms with Crippen LogP contribution < -0.4 is 5.32 Å². The van der Waals surface area contributed by atoms with Crippen LogP contribution in [0.25, 0.3) is 0 Å². The zero-order chi connectivity index (χ0) is 11.5. The lowest BCUT2D eigenvalue weighted by atomic mass is 10.2. The van der Waals surface area contributed by atoms with Gasteiger partial charge in [0, 0.05) is 25.4 Å². The quantitative estimate of drug-likeness (QED) is 0.806. The van der Waals surface area contributed by atoms with Gasteiger partial charge in [-0.1, -0.05) is 17.7 Å². The van der Waals surface area contributed by atoms with Gasteiger partial charge in [0.05, 0.1) is 6.04 Å². The monoisotopic (exact) mass is 315 g/mol. The molecule has 16 heavy (non-hydrogen) atoms. The largest absolute Gasteiger partial charge is 0.378 e. The fourth-order valence-electron chi connectivity index (χ4n) is 1.45. The molecular weight excluding hydrogens is 306 g/mol. The second-order valence-corrected chi connectivity index (χ2v) is 5.84. The highest BCUT2D eigenvalue weighted by Gasteiger charge is 2.07. The first kappa shape index (κ1) is 12.0. The molecule has 1 aromatic carbocycles. The summed E-state index contributed by atoms with van der Waals surface area (Å²) in [5.41, 5.74) is 1.05. The van der Waals surface area contributed by atoms with Gasteiger partial charge in [-0.05, 0) is 47.1 Å². The zero-order valence-electron chi connectivity index (χ0n) is 8.71. The molecule has 0 bridgehead atoms. The average Bonchev–Trinajstić information content (AvgIpc) is 2.65. The van der Waals surface area contributed by atoms with Crippen molar-refractivity contribution in [1.29, 1.82) is 0 Å². The molecule has 4 heteroatoms. The SMILES string of the molecule is CC(Nc1cccc(Cl)c1)c1cc(Br)cs1. The molecule has 0 saturated heterocycles. The minimum atomic E-state index is 0.287. The van der Waals surface area contributed by atoms with Gasteiger partial charge in [0.15, 0.2) is 0 Å². The molecule has 2 aromatic rings. The molecule has 0 saturated carbocycles. The Labute approximate surface area is 113 Å². The minimum absolute atomic E-state index is 0.287. The average molecular weight is 317 g/mol. The molecule has 1 atom stereocenters. The molecule has 0 aliphatic rings. The Morgan fingerprint density at radius 3 is 2.81 bits per heavy atom. The Morgan fingerprint density at radius 2 is 2.19 bits per heavy atom. The molecule has 0 spiro atoms. The highest BCUT2D eigenvalue weighted by Crippen LogP contribution is 2.28. The first-order valence-electron chi connectivity index (χ1n) is 4.91. The van der Waals surface area contributed by atoms with E-state index in [4.69, 9.17) is 11.6 Å². The maximum absolute atomic E-state index is 5.93. The van der Waals surface area contributed by atoms with Crippen LogP contribution in [0.1, 0.15) is 17.8 Å². The molecule has 0 aliphatic carbocycles. The van der Waals surface area contributed by atoms with E-state index in [0.717, 1.165) is 15.2 Å². The van der Waals surface area contributed by atoms with Crippen LogP contribution in [0.5, 0.6) is 0 Å². The molecule has 1 nitrogen and oxygen atoms in total. The lowest BCUT2D eigenvalue weighted by Gasteiger charge is -2.13. The molecule has 1 unspecified atom stereocenters. The van der Waals surface area contributed by atoms with Gasteiger partial charge in [-0.15, -0.1) is 11.3 Å². The lowest BCUT2D eigenvalue weighted by molar-refractivity contribution is 0.908. The normalized spacial score (nSPS) is 12.4. The lowest BCUT2D eigenvalue weighted by Crippen LogP contribution is -2.04. The van der Waals surface area contributed by atoms with Crippen LogP contribution in [0.3, 0.4) is 0 Å². The Balaban J connectivity index is 2.10. The van der Waals surface area contributed by atoms with Crippen molar-refractivity contribution in [2.75, 3.05) is 5.32 Å². The number of thiophene rings is 1. The summed E-state index contributed by atoms with van der Waals surface area (Å²) in [6.07, 6.45) is 0. The van der Waals surface area contributed by atoms with Crippen molar-refractivity contribution in [3.63, 3.8) is 0 Å². The molecule has 1 aromatic heterocycles. The van der Waals surface area contributed by atoms with Crippen molar-refractivity contribution >= 4 is 44.6 Å². The highest BCUT2D eigenvalue weighted by molar-refractivity contribution is 9.10. The second kappa shape index (κ2) is 5.21. The van der Waals surface area contributed by atoms with E-state index >= 15 is 0 Å². The number of halogens is 2. The third-order valence-electron chi connectivity index (χ3n) is 2.22. The van der Waals surface area contributed by atoms with Crippen LogP contribution in [-0.4, -0.2) is 0 Å². The molecule has 0 radical (unpaired) electrons. The van der Waals surface area contributed by atoms with Gasteiger partial charge in [-0.25, -0.2) is 0 Å². The smallest absolute Gasteiger partial charge is 0.0578 e. The topological polar surface area (TPSA) is 12.0 Å². The number of nitrogens with one attached hydrogen (secondary N) is 1. The molecular formula is C12H11BrClNS. The first-order valence-corrected chi connectivity index (χ1v) is 6.96. The van der Waals surface area contributed by atoms with Gasteiger partial charge in [0.2, 0.25) is 0 Å². The Bertz CT molecular complexity index is 483. The molecule has 1 N–H and O–H groups in total. The summed E-state index contributed by atoms with van der Waals surface area (Å²) in [6, 6.07) is 10.2. The first-order chi connectivity index (χ1) is 7.65. The molecule has 1 heterocycles. The van der Waals surface area contributed by atoms with Crippen molar-refractivity contribution in [3.05, 3.63) is 50.1 Å². The summed E-state index contributed by atoms with van der Waals surface area (Å²) >= 11 is 11.1. The van der Waals surface area contributed by atoms with E-state index in [9.17, 15) is 0 Å². The number of hydrogen-bond donors (Lipinski definition) is 1. The standard InChI is InChI=1S/C12H11BrClNS/c1-8(12-5-9(13)7-16-12)15-11-4-2-3-10(14)6-11/h2-8,15H,1H3. The van der Waals surface area contributed by atoms with Crippen LogP contribution in [0.2, 0.25) is 5.02 Å². The van der Waals surface area contributed by atoms with Crippen molar-refractivity contribution in [2.24, 2.45) is 0 Å². The fraction of sp³-hybridized carbons (Fsp3) is 0.167. The maximum Gasteiger partial charge on any atom is 0.0578 e. The van der Waals surface area contributed by atoms with E-state index in [0.29, 0.717) is 0 Å². The predicted molar refractivity (Wildman–Crippen MR) is 75.5 cm³/mol. The maximum atomic E-state index is 5.93. The summed E-state index contributed by atoms with van der Waals surface area (Å²) in [5, 5.41) is 6.26. The van der Waals surface area contributed by atoms with Gasteiger partial charge in [-0.2, -0.15) is 0 Å². The Hall–Kier alpha value is -0.510. The van der Waals surface area contributed by atoms with Gasteiger partial charge in [0.25, 0.3) is 0 Å². The van der Waals surface area contributed by atoms with Crippen LogP contribution >= 0.6 is 38.9 Å². The molecule has 0 aliphatic heterocycles. The summed E-state index contributed by atoms with van der Waals surface area (Å²) in [6.45, 7) is 2.14. The molecule has 2 rings (SSSR count). The van der Waals surface area contributed by atoms with Crippen molar-refractivity contribution in [2.45, 2.75) is 13.0 Å². The number of hydrogen-bond acceptors (Lipinski definition) is 2. The van der Waals surface area contributed by atoms with E-state index < -0.39 is 0 Å². The number of benzene rings is 1. The van der Waals surface area contributed by atoms with Crippen molar-refractivity contribution < 1.29 is 0 Å². The van der Waals surface area contributed by atoms with Crippen molar-refractivity contribution in [1.82, 2.24) is 0 Å². The summed E-state index contributed by atoms with van der Waals surface area (Å²) in [4.78, 5) is 1.30. The van der Waals surface area contributed by atoms with Gasteiger partial charge < -0.3 is 5.32 Å². The fourth-order valence-corrected chi connectivity index (χ4v) is 3.10. The molecule has 0 amide bonds. The zero-order valence-corrected chi connectivity index (χ0v) is 11.9. The van der Waals surface area contributed by atoms with E-state index in [1.165, 1.54) is 4.88 Å². The van der Waals surface area contributed by atoms with Gasteiger partial charge in [-0.3, -0.25) is 0 Å². The second-order valence-electron chi connectivity index (χ2n) is 3.54. The van der Waals surface area contributed by atoms with Crippen LogP contribution in [0, 0.1) is 0 Å². The predicted octanol–water partition coefficient (Wildman–Crippen LogP) is 5.34. The molecule has 0 fully saturated rings. The van der Waals surface area contributed by atoms with Crippen LogP contribution in [-0.2, 0) is 0 Å². The van der Waals surface area contributed by atoms with Crippen molar-refractivity contribution in [3.8, 4) is 0 Å². The summed E-state index contributed by atoms with van der Waals surface area (Å²) in [7, 11) is 0. The Kier molecular flexibility index (Phi) is 3.90. The van der Waals surface area contributed by atoms with Gasteiger partial charge >= 0.3 is 0 Å². The molecule has 84 valence electrons. The van der Waals surface area contributed by atoms with E-state index in [-0.39, 0.29) is 6.04 Å². The minimum Gasteiger partial charge on any atom is -0.378 e. The van der Waals surface area contributed by atoms with Crippen LogP contribution in [0.15, 0.2) is 40.2 Å². The van der Waals surface area contributed by atoms with Crippen LogP contribution in [0.4, 0.5) is 5.69 Å². The van der Waals surface area contributed by atoms with E-state index in [1.807, 2.05) is 24.3 Å². The third-order valence-corrected chi connectivity index (χ3v) is 4.33. The van der Waals surface area contributed by atoms with Gasteiger partial charge in [0.1, 0.15) is 0 Å². The van der Waals surface area contributed by atoms with E-state index in [1.54, 1.807) is 11.3 Å². The third kappa shape index (κ3) is 3.00. The summed E-state index contributed by atoms with van der Waals surface area (Å²) in [5.74, 6) is 0. The summed E-state index contributed by atoms with van der Waals surface area (Å²) < 4.78 is 1.13. The highest BCUT2D eigenvalue weighted by atomic mass is 79.9. The number of anilines is 1. The number of rotatable bonds is 3. The van der Waals surface area contributed by atoms with E-state index in [2.05, 4.69) is 39.6 Å². The Morgan fingerprint density at radius 1 is 1.38 bits per heavy atom.